The maximum Gasteiger partial charge on any atom is 0.475 e. The second-order valence-electron chi connectivity index (χ2n) is 6.00. The summed E-state index contributed by atoms with van der Waals surface area (Å²) in [6.45, 7) is 5.02. The molecule has 1 saturated heterocycles. The summed E-state index contributed by atoms with van der Waals surface area (Å²) in [5.74, 6) is -0.416. The Labute approximate surface area is 143 Å². The van der Waals surface area contributed by atoms with Gasteiger partial charge in [0.05, 0.1) is 5.94 Å². The van der Waals surface area contributed by atoms with Gasteiger partial charge in [0.25, 0.3) is 5.91 Å². The highest BCUT2D eigenvalue weighted by atomic mass is 16.4. The van der Waals surface area contributed by atoms with Gasteiger partial charge < -0.3 is 26.0 Å². The van der Waals surface area contributed by atoms with Crippen LogP contribution < -0.4 is 11.1 Å². The minimum atomic E-state index is -1.38. The summed E-state index contributed by atoms with van der Waals surface area (Å²) in [6, 6.07) is 7.49. The Morgan fingerprint density at radius 2 is 2.04 bits per heavy atom. The van der Waals surface area contributed by atoms with Crippen molar-refractivity contribution in [2.75, 3.05) is 6.54 Å². The van der Waals surface area contributed by atoms with E-state index in [1.807, 2.05) is 26.0 Å². The predicted octanol–water partition coefficient (Wildman–Crippen LogP) is -0.0973. The zero-order valence-electron chi connectivity index (χ0n) is 14.2. The molecule has 24 heavy (non-hydrogen) atoms. The third-order valence-corrected chi connectivity index (χ3v) is 3.69. The molecule has 132 valence electrons. The molecule has 1 aromatic rings. The van der Waals surface area contributed by atoms with Crippen LogP contribution in [-0.4, -0.2) is 52.9 Å². The number of carbonyl (C=O) groups excluding carboxylic acids is 2. The molecule has 0 radical (unpaired) electrons. The van der Waals surface area contributed by atoms with Gasteiger partial charge in [-0.05, 0) is 44.4 Å². The van der Waals surface area contributed by atoms with E-state index in [4.69, 9.17) is 15.8 Å². The Hall–Kier alpha value is -1.90. The molecular formula is C16H26BN3O4. The molecule has 0 bridgehead atoms. The number of hydrogen-bond donors (Lipinski definition) is 4. The van der Waals surface area contributed by atoms with Gasteiger partial charge in [-0.3, -0.25) is 9.59 Å². The highest BCUT2D eigenvalue weighted by molar-refractivity contribution is 6.43. The van der Waals surface area contributed by atoms with Gasteiger partial charge in [-0.1, -0.05) is 12.1 Å². The third kappa shape index (κ3) is 6.31. The molecule has 7 nitrogen and oxygen atoms in total. The predicted molar refractivity (Wildman–Crippen MR) is 92.9 cm³/mol. The zero-order chi connectivity index (χ0) is 18.1. The molecule has 2 amide bonds. The van der Waals surface area contributed by atoms with Crippen molar-refractivity contribution in [1.29, 1.82) is 0 Å². The molecule has 1 aliphatic rings. The van der Waals surface area contributed by atoms with Gasteiger partial charge in [0.15, 0.2) is 0 Å². The lowest BCUT2D eigenvalue weighted by molar-refractivity contribution is -0.118. The first-order valence-corrected chi connectivity index (χ1v) is 8.06. The number of benzene rings is 1. The minimum absolute atomic E-state index is 0.0384. The van der Waals surface area contributed by atoms with E-state index >= 15 is 0 Å². The van der Waals surface area contributed by atoms with E-state index in [0.29, 0.717) is 31.5 Å². The number of hydrogen-bond acceptors (Lipinski definition) is 5. The van der Waals surface area contributed by atoms with Crippen molar-refractivity contribution < 1.29 is 19.6 Å². The summed E-state index contributed by atoms with van der Waals surface area (Å²) in [6.07, 6.45) is 2.22. The Bertz CT molecular complexity index is 523. The SMILES string of the molecule is CC(C)NC(=O)c1ccc(CN)cc1.O=CN1CCCC1B(O)O. The van der Waals surface area contributed by atoms with E-state index in [0.717, 1.165) is 12.0 Å². The molecule has 2 rings (SSSR count). The van der Waals surface area contributed by atoms with Crippen LogP contribution in [0.4, 0.5) is 0 Å². The van der Waals surface area contributed by atoms with E-state index in [-0.39, 0.29) is 17.9 Å². The monoisotopic (exact) mass is 335 g/mol. The third-order valence-electron chi connectivity index (χ3n) is 3.69. The number of likely N-dealkylation sites (tertiary alicyclic amines) is 1. The van der Waals surface area contributed by atoms with Crippen molar-refractivity contribution in [3.05, 3.63) is 35.4 Å². The van der Waals surface area contributed by atoms with Crippen LogP contribution >= 0.6 is 0 Å². The standard InChI is InChI=1S/C11H16N2O.C5H10BNO3/c1-8(2)13-11(14)10-5-3-9(7-12)4-6-10;8-4-7-3-1-2-5(7)6(9)10/h3-6,8H,7,12H2,1-2H3,(H,13,14);4-5,9-10H,1-3H2. The molecule has 8 heteroatoms. The topological polar surface area (TPSA) is 116 Å². The van der Waals surface area contributed by atoms with Crippen LogP contribution in [0.1, 0.15) is 42.6 Å². The largest absolute Gasteiger partial charge is 0.475 e. The highest BCUT2D eigenvalue weighted by Gasteiger charge is 2.32. The molecular weight excluding hydrogens is 309 g/mol. The van der Waals surface area contributed by atoms with E-state index in [9.17, 15) is 9.59 Å². The lowest BCUT2D eigenvalue weighted by Crippen LogP contribution is -2.41. The lowest BCUT2D eigenvalue weighted by atomic mass is 9.78. The molecule has 1 unspecified atom stereocenters. The first kappa shape index (κ1) is 20.2. The highest BCUT2D eigenvalue weighted by Crippen LogP contribution is 2.15. The van der Waals surface area contributed by atoms with Gasteiger partial charge in [-0.25, -0.2) is 0 Å². The Morgan fingerprint density at radius 3 is 2.46 bits per heavy atom. The van der Waals surface area contributed by atoms with Gasteiger partial charge in [-0.2, -0.15) is 0 Å². The first-order chi connectivity index (χ1) is 11.4. The fourth-order valence-electron chi connectivity index (χ4n) is 2.40. The Balaban J connectivity index is 0.000000254. The summed E-state index contributed by atoms with van der Waals surface area (Å²) in [5.41, 5.74) is 7.17. The summed E-state index contributed by atoms with van der Waals surface area (Å²) >= 11 is 0. The van der Waals surface area contributed by atoms with Crippen LogP contribution in [-0.2, 0) is 11.3 Å². The lowest BCUT2D eigenvalue weighted by Gasteiger charge is -2.17. The molecule has 0 spiro atoms. The molecule has 1 heterocycles. The molecule has 1 atom stereocenters. The van der Waals surface area contributed by atoms with Gasteiger partial charge in [-0.15, -0.1) is 0 Å². The van der Waals surface area contributed by atoms with E-state index < -0.39 is 7.12 Å². The minimum Gasteiger partial charge on any atom is -0.426 e. The summed E-state index contributed by atoms with van der Waals surface area (Å²) in [5, 5.41) is 20.2. The summed E-state index contributed by atoms with van der Waals surface area (Å²) in [7, 11) is -1.38. The van der Waals surface area contributed by atoms with Crippen molar-refractivity contribution in [1.82, 2.24) is 10.2 Å². The van der Waals surface area contributed by atoms with Crippen molar-refractivity contribution in [2.24, 2.45) is 5.73 Å². The molecule has 0 aliphatic carbocycles. The molecule has 1 fully saturated rings. The van der Waals surface area contributed by atoms with Crippen LogP contribution in [0.25, 0.3) is 0 Å². The molecule has 0 saturated carbocycles. The molecule has 1 aromatic carbocycles. The van der Waals surface area contributed by atoms with E-state index in [1.54, 1.807) is 12.1 Å². The van der Waals surface area contributed by atoms with Crippen LogP contribution in [0.15, 0.2) is 24.3 Å². The van der Waals surface area contributed by atoms with Gasteiger partial charge in [0.1, 0.15) is 0 Å². The van der Waals surface area contributed by atoms with Gasteiger partial charge >= 0.3 is 7.12 Å². The summed E-state index contributed by atoms with van der Waals surface area (Å²) < 4.78 is 0. The normalized spacial score (nSPS) is 16.4. The number of amides is 2. The van der Waals surface area contributed by atoms with Crippen molar-refractivity contribution in [3.8, 4) is 0 Å². The quantitative estimate of drug-likeness (QED) is 0.443. The van der Waals surface area contributed by atoms with E-state index in [1.165, 1.54) is 4.90 Å². The number of rotatable bonds is 5. The smallest absolute Gasteiger partial charge is 0.426 e. The fraction of sp³-hybridized carbons (Fsp3) is 0.500. The van der Waals surface area contributed by atoms with Crippen LogP contribution in [0.2, 0.25) is 0 Å². The maximum absolute atomic E-state index is 11.5. The van der Waals surface area contributed by atoms with Crippen molar-refractivity contribution >= 4 is 19.4 Å². The maximum atomic E-state index is 11.5. The van der Waals surface area contributed by atoms with Crippen LogP contribution in [0.3, 0.4) is 0 Å². The van der Waals surface area contributed by atoms with Crippen LogP contribution in [0, 0.1) is 0 Å². The van der Waals surface area contributed by atoms with E-state index in [2.05, 4.69) is 5.32 Å². The van der Waals surface area contributed by atoms with Crippen molar-refractivity contribution in [3.63, 3.8) is 0 Å². The molecule has 1 aliphatic heterocycles. The average molecular weight is 335 g/mol. The van der Waals surface area contributed by atoms with Gasteiger partial charge in [0, 0.05) is 24.7 Å². The number of nitrogens with zero attached hydrogens (tertiary/aromatic N) is 1. The number of carbonyl (C=O) groups is 2. The van der Waals surface area contributed by atoms with Crippen LogP contribution in [0.5, 0.6) is 0 Å². The number of nitrogens with one attached hydrogen (secondary N) is 1. The summed E-state index contributed by atoms with van der Waals surface area (Å²) in [4.78, 5) is 23.2. The Kier molecular flexibility index (Phi) is 8.46. The molecule has 0 aromatic heterocycles. The number of nitrogens with two attached hydrogens (primary N) is 1. The first-order valence-electron chi connectivity index (χ1n) is 8.06. The van der Waals surface area contributed by atoms with Gasteiger partial charge in [0.2, 0.25) is 6.41 Å². The second kappa shape index (κ2) is 10.1. The van der Waals surface area contributed by atoms with Crippen molar-refractivity contribution in [2.45, 2.75) is 45.2 Å². The fourth-order valence-corrected chi connectivity index (χ4v) is 2.40. The zero-order valence-corrected chi connectivity index (χ0v) is 14.2. The second-order valence-corrected chi connectivity index (χ2v) is 6.00. The molecule has 5 N–H and O–H groups in total. The average Bonchev–Trinajstić information content (AvgIpc) is 3.04. The Morgan fingerprint density at radius 1 is 1.42 bits per heavy atom.